The molecule has 0 N–H and O–H groups in total. The normalized spacial score (nSPS) is 11.6. The van der Waals surface area contributed by atoms with Crippen molar-refractivity contribution in [1.82, 2.24) is 0 Å². The van der Waals surface area contributed by atoms with E-state index in [-0.39, 0.29) is 0 Å². The Kier molecular flexibility index (Phi) is 7.05. The Bertz CT molecular complexity index is 131. The van der Waals surface area contributed by atoms with Crippen molar-refractivity contribution in [3.8, 4) is 0 Å². The van der Waals surface area contributed by atoms with Crippen LogP contribution in [0.4, 0.5) is 13.2 Å². The highest BCUT2D eigenvalue weighted by atomic mass is 19.4. The third-order valence-corrected chi connectivity index (χ3v) is 0.858. The molecule has 0 radical (unpaired) electrons. The number of rotatable bonds is 1. The summed E-state index contributed by atoms with van der Waals surface area (Å²) in [5.74, 6) is 0. The first kappa shape index (κ1) is 12.9. The van der Waals surface area contributed by atoms with Gasteiger partial charge >= 0.3 is 6.18 Å². The van der Waals surface area contributed by atoms with Crippen molar-refractivity contribution >= 4 is 0 Å². The molecule has 0 unspecified atom stereocenters. The van der Waals surface area contributed by atoms with Gasteiger partial charge in [0.05, 0.1) is 5.57 Å². The lowest BCUT2D eigenvalue weighted by atomic mass is 10.2. The number of hydrogen-bond donors (Lipinski definition) is 0. The molecular formula is C8H13F3. The second-order valence-electron chi connectivity index (χ2n) is 1.45. The van der Waals surface area contributed by atoms with E-state index in [4.69, 9.17) is 0 Å². The summed E-state index contributed by atoms with van der Waals surface area (Å²) in [6, 6.07) is 0. The molecule has 0 nitrogen and oxygen atoms in total. The number of hydrogen-bond acceptors (Lipinski definition) is 0. The summed E-state index contributed by atoms with van der Waals surface area (Å²) in [5.41, 5.74) is -0.692. The van der Waals surface area contributed by atoms with Crippen molar-refractivity contribution in [2.24, 2.45) is 0 Å². The molecule has 0 heterocycles. The van der Waals surface area contributed by atoms with Crippen molar-refractivity contribution in [2.75, 3.05) is 0 Å². The average molecular weight is 166 g/mol. The van der Waals surface area contributed by atoms with E-state index in [1.54, 1.807) is 0 Å². The zero-order valence-corrected chi connectivity index (χ0v) is 7.00. The van der Waals surface area contributed by atoms with Gasteiger partial charge in [-0.3, -0.25) is 0 Å². The molecule has 0 saturated carbocycles. The maximum Gasteiger partial charge on any atom is 0.416 e. The van der Waals surface area contributed by atoms with E-state index in [2.05, 4.69) is 6.58 Å². The van der Waals surface area contributed by atoms with Gasteiger partial charge in [0.15, 0.2) is 0 Å². The summed E-state index contributed by atoms with van der Waals surface area (Å²) in [6.45, 7) is 8.33. The lowest BCUT2D eigenvalue weighted by Gasteiger charge is -2.04. The molecule has 0 aliphatic rings. The fraction of sp³-hybridized carbons (Fsp3) is 0.500. The molecule has 0 rings (SSSR count). The molecule has 0 fully saturated rings. The van der Waals surface area contributed by atoms with Crippen LogP contribution in [0, 0.1) is 0 Å². The van der Waals surface area contributed by atoms with Gasteiger partial charge in [-0.1, -0.05) is 32.6 Å². The maximum atomic E-state index is 11.6. The van der Waals surface area contributed by atoms with Gasteiger partial charge in [0.1, 0.15) is 0 Å². The molecule has 3 heteroatoms. The lowest BCUT2D eigenvalue weighted by Crippen LogP contribution is -2.08. The van der Waals surface area contributed by atoms with Crippen LogP contribution in [-0.4, -0.2) is 6.18 Å². The van der Waals surface area contributed by atoms with Crippen molar-refractivity contribution in [2.45, 2.75) is 26.9 Å². The fourth-order valence-corrected chi connectivity index (χ4v) is 0.397. The van der Waals surface area contributed by atoms with Gasteiger partial charge in [-0.05, 0) is 6.92 Å². The van der Waals surface area contributed by atoms with Crippen LogP contribution >= 0.6 is 0 Å². The standard InChI is InChI=1S/C6H7F3.C2H6/c1-3-5(4-2)6(7,8)9;1-2/h3-4H,1H2,2H3;1-2H3/b5-4+;. The Balaban J connectivity index is 0. The Labute approximate surface area is 65.4 Å². The Morgan fingerprint density at radius 2 is 1.64 bits per heavy atom. The molecule has 0 saturated heterocycles. The summed E-state index contributed by atoms with van der Waals surface area (Å²) in [6.07, 6.45) is -2.47. The molecule has 0 aliphatic carbocycles. The summed E-state index contributed by atoms with van der Waals surface area (Å²) in [5, 5.41) is 0. The van der Waals surface area contributed by atoms with Gasteiger partial charge in [-0.2, -0.15) is 13.2 Å². The van der Waals surface area contributed by atoms with E-state index in [0.29, 0.717) is 0 Å². The number of alkyl halides is 3. The van der Waals surface area contributed by atoms with E-state index in [0.717, 1.165) is 12.2 Å². The highest BCUT2D eigenvalue weighted by Gasteiger charge is 2.30. The zero-order chi connectivity index (χ0) is 9.49. The van der Waals surface area contributed by atoms with Crippen LogP contribution in [0.1, 0.15) is 20.8 Å². The first-order valence-corrected chi connectivity index (χ1v) is 3.38. The third kappa shape index (κ3) is 5.70. The average Bonchev–Trinajstić information content (AvgIpc) is 1.92. The van der Waals surface area contributed by atoms with Crippen LogP contribution < -0.4 is 0 Å². The molecule has 11 heavy (non-hydrogen) atoms. The molecule has 66 valence electrons. The smallest absolute Gasteiger partial charge is 0.166 e. The molecule has 0 aromatic carbocycles. The topological polar surface area (TPSA) is 0 Å². The molecule has 0 spiro atoms. The number of halogens is 3. The summed E-state index contributed by atoms with van der Waals surface area (Å²) in [7, 11) is 0. The van der Waals surface area contributed by atoms with Gasteiger partial charge in [0.25, 0.3) is 0 Å². The van der Waals surface area contributed by atoms with Crippen LogP contribution in [0.15, 0.2) is 24.3 Å². The molecule has 0 bridgehead atoms. The van der Waals surface area contributed by atoms with Crippen molar-refractivity contribution in [1.29, 1.82) is 0 Å². The predicted octanol–water partition coefficient (Wildman–Crippen LogP) is 3.71. The molecular weight excluding hydrogens is 153 g/mol. The second-order valence-corrected chi connectivity index (χ2v) is 1.45. The van der Waals surface area contributed by atoms with Crippen LogP contribution in [-0.2, 0) is 0 Å². The largest absolute Gasteiger partial charge is 0.416 e. The molecule has 0 atom stereocenters. The van der Waals surface area contributed by atoms with Gasteiger partial charge < -0.3 is 0 Å². The van der Waals surface area contributed by atoms with Crippen LogP contribution in [0.5, 0.6) is 0 Å². The van der Waals surface area contributed by atoms with Crippen molar-refractivity contribution < 1.29 is 13.2 Å². The third-order valence-electron chi connectivity index (χ3n) is 0.858. The van der Waals surface area contributed by atoms with E-state index < -0.39 is 11.7 Å². The summed E-state index contributed by atoms with van der Waals surface area (Å²) in [4.78, 5) is 0. The first-order valence-electron chi connectivity index (χ1n) is 3.38. The molecule has 0 aromatic rings. The fourth-order valence-electron chi connectivity index (χ4n) is 0.397. The minimum Gasteiger partial charge on any atom is -0.166 e. The van der Waals surface area contributed by atoms with Gasteiger partial charge in [-0.25, -0.2) is 0 Å². The molecule has 0 amide bonds. The zero-order valence-electron chi connectivity index (χ0n) is 7.00. The van der Waals surface area contributed by atoms with E-state index >= 15 is 0 Å². The van der Waals surface area contributed by atoms with Gasteiger partial charge in [-0.15, -0.1) is 0 Å². The summed E-state index contributed by atoms with van der Waals surface area (Å²) >= 11 is 0. The highest BCUT2D eigenvalue weighted by Crippen LogP contribution is 2.25. The Hall–Kier alpha value is -0.730. The van der Waals surface area contributed by atoms with Crippen molar-refractivity contribution in [3.05, 3.63) is 24.3 Å². The second kappa shape index (κ2) is 6.01. The highest BCUT2D eigenvalue weighted by molar-refractivity contribution is 5.20. The van der Waals surface area contributed by atoms with Gasteiger partial charge in [0, 0.05) is 0 Å². The van der Waals surface area contributed by atoms with Gasteiger partial charge in [0.2, 0.25) is 0 Å². The Morgan fingerprint density at radius 3 is 1.64 bits per heavy atom. The van der Waals surface area contributed by atoms with Crippen LogP contribution in [0.3, 0.4) is 0 Å². The minimum absolute atomic E-state index is 0.692. The quantitative estimate of drug-likeness (QED) is 0.521. The van der Waals surface area contributed by atoms with E-state index in [1.165, 1.54) is 6.92 Å². The monoisotopic (exact) mass is 166 g/mol. The number of allylic oxidation sites excluding steroid dienone is 3. The molecule has 0 aliphatic heterocycles. The SMILES string of the molecule is C=C/C(=C\C)C(F)(F)F.CC. The molecule has 0 aromatic heterocycles. The minimum atomic E-state index is -4.24. The van der Waals surface area contributed by atoms with Crippen LogP contribution in [0.2, 0.25) is 0 Å². The predicted molar refractivity (Wildman–Crippen MR) is 41.4 cm³/mol. The van der Waals surface area contributed by atoms with E-state index in [1.807, 2.05) is 13.8 Å². The Morgan fingerprint density at radius 1 is 1.27 bits per heavy atom. The van der Waals surface area contributed by atoms with Crippen LogP contribution in [0.25, 0.3) is 0 Å². The van der Waals surface area contributed by atoms with Crippen molar-refractivity contribution in [3.63, 3.8) is 0 Å². The van der Waals surface area contributed by atoms with E-state index in [9.17, 15) is 13.2 Å². The summed E-state index contributed by atoms with van der Waals surface area (Å²) < 4.78 is 34.7. The lowest BCUT2D eigenvalue weighted by molar-refractivity contribution is -0.0882. The maximum absolute atomic E-state index is 11.6. The first-order chi connectivity index (χ1) is 5.02.